The number of nitrogens with one attached hydrogen (secondary N) is 2. The van der Waals surface area contributed by atoms with Crippen molar-refractivity contribution in [2.24, 2.45) is 0 Å². The van der Waals surface area contributed by atoms with Crippen LogP contribution in [-0.2, 0) is 15.3 Å². The first-order chi connectivity index (χ1) is 12.6. The van der Waals surface area contributed by atoms with Gasteiger partial charge in [0.25, 0.3) is 5.91 Å². The minimum Gasteiger partial charge on any atom is -0.347 e. The molecule has 144 valence electrons. The van der Waals surface area contributed by atoms with E-state index in [9.17, 15) is 13.2 Å². The molecule has 1 aromatic heterocycles. The number of hydrogen-bond donors (Lipinski definition) is 2. The number of anilines is 2. The van der Waals surface area contributed by atoms with Crippen LogP contribution in [0.25, 0.3) is 0 Å². The Bertz CT molecular complexity index is 917. The van der Waals surface area contributed by atoms with Crippen molar-refractivity contribution >= 4 is 27.2 Å². The third kappa shape index (κ3) is 5.03. The van der Waals surface area contributed by atoms with Gasteiger partial charge in [0, 0.05) is 11.7 Å². The summed E-state index contributed by atoms with van der Waals surface area (Å²) in [5.74, 6) is 0.209. The Morgan fingerprint density at radius 2 is 1.81 bits per heavy atom. The zero-order valence-corrected chi connectivity index (χ0v) is 16.5. The van der Waals surface area contributed by atoms with Gasteiger partial charge in [-0.2, -0.15) is 0 Å². The second-order valence-electron chi connectivity index (χ2n) is 7.81. The molecule has 2 heterocycles. The van der Waals surface area contributed by atoms with E-state index in [0.717, 1.165) is 5.69 Å². The van der Waals surface area contributed by atoms with Gasteiger partial charge in [0.2, 0.25) is 0 Å². The smallest absolute Gasteiger partial charge is 0.271 e. The lowest BCUT2D eigenvalue weighted by Gasteiger charge is -2.19. The van der Waals surface area contributed by atoms with Crippen molar-refractivity contribution < 1.29 is 13.2 Å². The summed E-state index contributed by atoms with van der Waals surface area (Å²) in [4.78, 5) is 20.5. The molecule has 2 N–H and O–H groups in total. The molecule has 1 amide bonds. The molecular formula is C19H24N4O3S. The number of rotatable bonds is 4. The van der Waals surface area contributed by atoms with E-state index in [1.54, 1.807) is 0 Å². The van der Waals surface area contributed by atoms with E-state index < -0.39 is 15.7 Å². The summed E-state index contributed by atoms with van der Waals surface area (Å²) in [5.41, 5.74) is 2.37. The van der Waals surface area contributed by atoms with Crippen LogP contribution >= 0.6 is 0 Å². The van der Waals surface area contributed by atoms with Gasteiger partial charge in [-0.25, -0.2) is 18.4 Å². The molecule has 1 atom stereocenters. The number of nitrogens with zero attached hydrogens (tertiary/aromatic N) is 2. The summed E-state index contributed by atoms with van der Waals surface area (Å²) < 4.78 is 22.9. The van der Waals surface area contributed by atoms with Crippen molar-refractivity contribution in [2.45, 2.75) is 38.6 Å². The standard InChI is InChI=1S/C19H24N4O3S/c1-19(2,3)13-4-6-14(7-5-13)22-17-11-20-16(10-21-17)18(24)23-15-8-9-27(25,26)12-15/h4-7,10-11,15H,8-9,12H2,1-3H3,(H,21,22)(H,23,24). The Hall–Kier alpha value is -2.48. The molecule has 0 spiro atoms. The molecule has 3 rings (SSSR count). The molecule has 1 fully saturated rings. The van der Waals surface area contributed by atoms with Gasteiger partial charge in [0.15, 0.2) is 9.84 Å². The van der Waals surface area contributed by atoms with E-state index >= 15 is 0 Å². The quantitative estimate of drug-likeness (QED) is 0.834. The number of benzene rings is 1. The monoisotopic (exact) mass is 388 g/mol. The number of aromatic nitrogens is 2. The number of amides is 1. The van der Waals surface area contributed by atoms with Crippen molar-refractivity contribution in [3.8, 4) is 0 Å². The van der Waals surface area contributed by atoms with E-state index in [-0.39, 0.29) is 28.7 Å². The van der Waals surface area contributed by atoms with Crippen LogP contribution in [0.2, 0.25) is 0 Å². The molecule has 27 heavy (non-hydrogen) atoms. The number of carbonyl (C=O) groups excluding carboxylic acids is 1. The van der Waals surface area contributed by atoms with Crippen LogP contribution in [0.15, 0.2) is 36.7 Å². The Labute approximate surface area is 159 Å². The number of carbonyl (C=O) groups is 1. The van der Waals surface area contributed by atoms with Gasteiger partial charge in [0.1, 0.15) is 11.5 Å². The summed E-state index contributed by atoms with van der Waals surface area (Å²) in [6, 6.07) is 7.72. The first-order valence-electron chi connectivity index (χ1n) is 8.83. The summed E-state index contributed by atoms with van der Waals surface area (Å²) >= 11 is 0. The van der Waals surface area contributed by atoms with Crippen LogP contribution < -0.4 is 10.6 Å². The van der Waals surface area contributed by atoms with Crippen molar-refractivity contribution in [1.82, 2.24) is 15.3 Å². The van der Waals surface area contributed by atoms with Crippen molar-refractivity contribution in [3.05, 3.63) is 47.9 Å². The third-order valence-corrected chi connectivity index (χ3v) is 6.24. The average Bonchev–Trinajstić information content (AvgIpc) is 2.93. The molecule has 1 aliphatic heterocycles. The Kier molecular flexibility index (Phi) is 5.19. The lowest BCUT2D eigenvalue weighted by Crippen LogP contribution is -2.36. The summed E-state index contributed by atoms with van der Waals surface area (Å²) in [6.45, 7) is 6.48. The number of sulfone groups is 1. The third-order valence-electron chi connectivity index (χ3n) is 4.48. The maximum atomic E-state index is 12.2. The first kappa shape index (κ1) is 19.3. The molecule has 2 aromatic rings. The van der Waals surface area contributed by atoms with Gasteiger partial charge in [-0.1, -0.05) is 32.9 Å². The predicted octanol–water partition coefficient (Wildman–Crippen LogP) is 2.43. The van der Waals surface area contributed by atoms with Crippen molar-refractivity contribution in [1.29, 1.82) is 0 Å². The van der Waals surface area contributed by atoms with Crippen LogP contribution in [0.3, 0.4) is 0 Å². The Morgan fingerprint density at radius 1 is 1.11 bits per heavy atom. The lowest BCUT2D eigenvalue weighted by molar-refractivity contribution is 0.0935. The largest absolute Gasteiger partial charge is 0.347 e. The van der Waals surface area contributed by atoms with Crippen LogP contribution in [0.5, 0.6) is 0 Å². The van der Waals surface area contributed by atoms with Crippen molar-refractivity contribution in [3.63, 3.8) is 0 Å². The lowest BCUT2D eigenvalue weighted by atomic mass is 9.87. The Morgan fingerprint density at radius 3 is 2.33 bits per heavy atom. The predicted molar refractivity (Wildman–Crippen MR) is 105 cm³/mol. The highest BCUT2D eigenvalue weighted by Crippen LogP contribution is 2.24. The fourth-order valence-corrected chi connectivity index (χ4v) is 4.55. The molecule has 1 aliphatic rings. The Balaban J connectivity index is 1.61. The minimum absolute atomic E-state index is 0.0175. The molecular weight excluding hydrogens is 364 g/mol. The first-order valence-corrected chi connectivity index (χ1v) is 10.7. The molecule has 1 unspecified atom stereocenters. The topological polar surface area (TPSA) is 101 Å². The van der Waals surface area contributed by atoms with Gasteiger partial charge >= 0.3 is 0 Å². The SMILES string of the molecule is CC(C)(C)c1ccc(Nc2cnc(C(=O)NC3CCS(=O)(=O)C3)cn2)cc1. The van der Waals surface area contributed by atoms with E-state index in [2.05, 4.69) is 53.5 Å². The zero-order valence-electron chi connectivity index (χ0n) is 15.7. The van der Waals surface area contributed by atoms with E-state index in [1.807, 2.05) is 12.1 Å². The molecule has 0 radical (unpaired) electrons. The van der Waals surface area contributed by atoms with Crippen LogP contribution in [0.4, 0.5) is 11.5 Å². The maximum Gasteiger partial charge on any atom is 0.271 e. The number of hydrogen-bond acceptors (Lipinski definition) is 6. The van der Waals surface area contributed by atoms with Crippen molar-refractivity contribution in [2.75, 3.05) is 16.8 Å². The summed E-state index contributed by atoms with van der Waals surface area (Å²) in [5, 5.41) is 5.85. The highest BCUT2D eigenvalue weighted by atomic mass is 32.2. The fourth-order valence-electron chi connectivity index (χ4n) is 2.88. The molecule has 0 bridgehead atoms. The average molecular weight is 388 g/mol. The highest BCUT2D eigenvalue weighted by molar-refractivity contribution is 7.91. The second-order valence-corrected chi connectivity index (χ2v) is 10.0. The van der Waals surface area contributed by atoms with Gasteiger partial charge in [-0.05, 0) is 29.5 Å². The van der Waals surface area contributed by atoms with Gasteiger partial charge in [0.05, 0.1) is 23.9 Å². The molecule has 8 heteroatoms. The van der Waals surface area contributed by atoms with Crippen LogP contribution in [0, 0.1) is 0 Å². The normalized spacial score (nSPS) is 18.9. The zero-order chi connectivity index (χ0) is 19.7. The van der Waals surface area contributed by atoms with E-state index in [0.29, 0.717) is 12.2 Å². The minimum atomic E-state index is -3.04. The van der Waals surface area contributed by atoms with Crippen LogP contribution in [0.1, 0.15) is 43.2 Å². The molecule has 7 nitrogen and oxygen atoms in total. The van der Waals surface area contributed by atoms with Gasteiger partial charge in [-0.3, -0.25) is 4.79 Å². The molecule has 0 saturated carbocycles. The van der Waals surface area contributed by atoms with E-state index in [1.165, 1.54) is 18.0 Å². The second kappa shape index (κ2) is 7.26. The highest BCUT2D eigenvalue weighted by Gasteiger charge is 2.29. The van der Waals surface area contributed by atoms with Crippen LogP contribution in [-0.4, -0.2) is 41.8 Å². The van der Waals surface area contributed by atoms with Gasteiger partial charge < -0.3 is 10.6 Å². The summed E-state index contributed by atoms with van der Waals surface area (Å²) in [7, 11) is -3.04. The molecule has 0 aliphatic carbocycles. The van der Waals surface area contributed by atoms with Gasteiger partial charge in [-0.15, -0.1) is 0 Å². The fraction of sp³-hybridized carbons (Fsp3) is 0.421. The molecule has 1 saturated heterocycles. The molecule has 1 aromatic carbocycles. The maximum absolute atomic E-state index is 12.2. The van der Waals surface area contributed by atoms with E-state index in [4.69, 9.17) is 0 Å². The summed E-state index contributed by atoms with van der Waals surface area (Å²) in [6.07, 6.45) is 3.30.